The first-order valence-corrected chi connectivity index (χ1v) is 6.69. The summed E-state index contributed by atoms with van der Waals surface area (Å²) in [5.74, 6) is 0.625. The van der Waals surface area contributed by atoms with E-state index in [1.165, 1.54) is 23.4 Å². The van der Waals surface area contributed by atoms with E-state index in [4.69, 9.17) is 0 Å². The van der Waals surface area contributed by atoms with Crippen molar-refractivity contribution >= 4 is 5.69 Å². The van der Waals surface area contributed by atoms with Gasteiger partial charge in [0.1, 0.15) is 0 Å². The standard InChI is InChI=1S/C17H25N/c1-7-14(5)16-9-11-17(12-10-16)18(13(3)4)15(6)8-2/h8-12,14H,3,7H2,1-2,4-6H3/b15-8+. The highest BCUT2D eigenvalue weighted by Gasteiger charge is 2.09. The molecule has 0 N–H and O–H groups in total. The van der Waals surface area contributed by atoms with Crippen LogP contribution in [0.25, 0.3) is 0 Å². The second-order valence-corrected chi connectivity index (χ2v) is 4.90. The molecule has 0 amide bonds. The van der Waals surface area contributed by atoms with E-state index < -0.39 is 0 Å². The van der Waals surface area contributed by atoms with Crippen LogP contribution in [-0.2, 0) is 0 Å². The minimum absolute atomic E-state index is 0.625. The van der Waals surface area contributed by atoms with Crippen molar-refractivity contribution in [2.24, 2.45) is 0 Å². The summed E-state index contributed by atoms with van der Waals surface area (Å²) in [7, 11) is 0. The molecule has 1 unspecified atom stereocenters. The second kappa shape index (κ2) is 6.44. The van der Waals surface area contributed by atoms with Gasteiger partial charge in [-0.05, 0) is 50.8 Å². The minimum Gasteiger partial charge on any atom is -0.319 e. The van der Waals surface area contributed by atoms with Crippen LogP contribution in [0.15, 0.2) is 48.3 Å². The molecule has 1 rings (SSSR count). The van der Waals surface area contributed by atoms with Crippen molar-refractivity contribution in [1.29, 1.82) is 0 Å². The van der Waals surface area contributed by atoms with Gasteiger partial charge in [-0.15, -0.1) is 0 Å². The van der Waals surface area contributed by atoms with Crippen molar-refractivity contribution in [2.45, 2.75) is 47.0 Å². The van der Waals surface area contributed by atoms with E-state index in [1.54, 1.807) is 0 Å². The largest absolute Gasteiger partial charge is 0.319 e. The van der Waals surface area contributed by atoms with Gasteiger partial charge in [0.25, 0.3) is 0 Å². The first-order chi connectivity index (χ1) is 8.51. The molecule has 1 aromatic carbocycles. The van der Waals surface area contributed by atoms with Crippen LogP contribution in [0.1, 0.15) is 52.5 Å². The summed E-state index contributed by atoms with van der Waals surface area (Å²) < 4.78 is 0. The van der Waals surface area contributed by atoms with Gasteiger partial charge in [0.15, 0.2) is 0 Å². The molecular weight excluding hydrogens is 218 g/mol. The maximum atomic E-state index is 4.06. The molecule has 0 aliphatic heterocycles. The van der Waals surface area contributed by atoms with Crippen LogP contribution < -0.4 is 4.90 Å². The average molecular weight is 243 g/mol. The lowest BCUT2D eigenvalue weighted by Gasteiger charge is -2.26. The van der Waals surface area contributed by atoms with Gasteiger partial charge in [0.2, 0.25) is 0 Å². The fourth-order valence-corrected chi connectivity index (χ4v) is 2.04. The summed E-state index contributed by atoms with van der Waals surface area (Å²) >= 11 is 0. The Morgan fingerprint density at radius 2 is 1.83 bits per heavy atom. The average Bonchev–Trinajstić information content (AvgIpc) is 2.38. The van der Waals surface area contributed by atoms with Gasteiger partial charge in [0, 0.05) is 17.1 Å². The third-order valence-electron chi connectivity index (χ3n) is 3.48. The second-order valence-electron chi connectivity index (χ2n) is 4.90. The lowest BCUT2D eigenvalue weighted by atomic mass is 9.98. The summed E-state index contributed by atoms with van der Waals surface area (Å²) in [6.07, 6.45) is 3.29. The van der Waals surface area contributed by atoms with Gasteiger partial charge < -0.3 is 4.90 Å². The zero-order valence-corrected chi connectivity index (χ0v) is 12.3. The maximum absolute atomic E-state index is 4.06. The van der Waals surface area contributed by atoms with E-state index >= 15 is 0 Å². The van der Waals surface area contributed by atoms with Crippen LogP contribution in [-0.4, -0.2) is 0 Å². The normalized spacial score (nSPS) is 13.3. The van der Waals surface area contributed by atoms with Crippen LogP contribution in [0.5, 0.6) is 0 Å². The van der Waals surface area contributed by atoms with Crippen molar-refractivity contribution in [2.75, 3.05) is 4.90 Å². The van der Waals surface area contributed by atoms with Crippen LogP contribution in [0.4, 0.5) is 5.69 Å². The third kappa shape index (κ3) is 3.25. The predicted molar refractivity (Wildman–Crippen MR) is 81.9 cm³/mol. The molecule has 0 fully saturated rings. The zero-order valence-electron chi connectivity index (χ0n) is 12.3. The molecule has 0 saturated carbocycles. The Bertz CT molecular complexity index is 425. The Balaban J connectivity index is 3.05. The Labute approximate surface area is 112 Å². The number of hydrogen-bond acceptors (Lipinski definition) is 1. The van der Waals surface area contributed by atoms with E-state index in [2.05, 4.69) is 69.5 Å². The highest BCUT2D eigenvalue weighted by Crippen LogP contribution is 2.26. The smallest absolute Gasteiger partial charge is 0.0454 e. The van der Waals surface area contributed by atoms with Gasteiger partial charge in [-0.3, -0.25) is 0 Å². The van der Waals surface area contributed by atoms with E-state index in [0.717, 1.165) is 5.70 Å². The minimum atomic E-state index is 0.625. The summed E-state index contributed by atoms with van der Waals surface area (Å²) in [4.78, 5) is 2.18. The molecule has 1 atom stereocenters. The molecule has 0 saturated heterocycles. The fourth-order valence-electron chi connectivity index (χ4n) is 2.04. The molecule has 0 aromatic heterocycles. The van der Waals surface area contributed by atoms with Crippen LogP contribution >= 0.6 is 0 Å². The number of hydrogen-bond donors (Lipinski definition) is 0. The molecular formula is C17H25N. The number of nitrogens with zero attached hydrogens (tertiary/aromatic N) is 1. The molecule has 0 spiro atoms. The molecule has 1 aromatic rings. The summed E-state index contributed by atoms with van der Waals surface area (Å²) in [6.45, 7) is 14.8. The molecule has 0 heterocycles. The van der Waals surface area contributed by atoms with Crippen LogP contribution in [0, 0.1) is 0 Å². The number of allylic oxidation sites excluding steroid dienone is 3. The SMILES string of the molecule is C=C(C)N(/C(C)=C/C)c1ccc(C(C)CC)cc1. The first-order valence-electron chi connectivity index (χ1n) is 6.69. The summed E-state index contributed by atoms with van der Waals surface area (Å²) in [6, 6.07) is 8.82. The Hall–Kier alpha value is -1.50. The quantitative estimate of drug-likeness (QED) is 0.663. The molecule has 0 radical (unpaired) electrons. The molecule has 98 valence electrons. The number of rotatable bonds is 5. The number of anilines is 1. The molecule has 1 heteroatoms. The monoisotopic (exact) mass is 243 g/mol. The van der Waals surface area contributed by atoms with E-state index in [1.807, 2.05) is 6.92 Å². The van der Waals surface area contributed by atoms with Crippen molar-refractivity contribution < 1.29 is 0 Å². The van der Waals surface area contributed by atoms with Crippen molar-refractivity contribution in [3.05, 3.63) is 53.9 Å². The van der Waals surface area contributed by atoms with E-state index in [0.29, 0.717) is 5.92 Å². The predicted octanol–water partition coefficient (Wildman–Crippen LogP) is 5.46. The van der Waals surface area contributed by atoms with Gasteiger partial charge in [-0.1, -0.05) is 38.6 Å². The Morgan fingerprint density at radius 1 is 1.28 bits per heavy atom. The zero-order chi connectivity index (χ0) is 13.7. The van der Waals surface area contributed by atoms with Gasteiger partial charge in [0.05, 0.1) is 0 Å². The van der Waals surface area contributed by atoms with Crippen LogP contribution in [0.3, 0.4) is 0 Å². The highest BCUT2D eigenvalue weighted by molar-refractivity contribution is 5.57. The van der Waals surface area contributed by atoms with Crippen molar-refractivity contribution in [1.82, 2.24) is 0 Å². The first kappa shape index (κ1) is 14.6. The Kier molecular flexibility index (Phi) is 5.21. The van der Waals surface area contributed by atoms with E-state index in [9.17, 15) is 0 Å². The summed E-state index contributed by atoms with van der Waals surface area (Å²) in [5, 5.41) is 0. The Morgan fingerprint density at radius 3 is 2.22 bits per heavy atom. The topological polar surface area (TPSA) is 3.24 Å². The summed E-state index contributed by atoms with van der Waals surface area (Å²) in [5.41, 5.74) is 4.84. The molecule has 1 nitrogen and oxygen atoms in total. The maximum Gasteiger partial charge on any atom is 0.0454 e. The van der Waals surface area contributed by atoms with Gasteiger partial charge >= 0.3 is 0 Å². The van der Waals surface area contributed by atoms with Crippen molar-refractivity contribution in [3.8, 4) is 0 Å². The lowest BCUT2D eigenvalue weighted by Crippen LogP contribution is -2.17. The number of benzene rings is 1. The van der Waals surface area contributed by atoms with E-state index in [-0.39, 0.29) is 0 Å². The van der Waals surface area contributed by atoms with Gasteiger partial charge in [-0.25, -0.2) is 0 Å². The molecule has 0 bridgehead atoms. The lowest BCUT2D eigenvalue weighted by molar-refractivity contribution is 0.733. The fraction of sp³-hybridized carbons (Fsp3) is 0.412. The van der Waals surface area contributed by atoms with Crippen molar-refractivity contribution in [3.63, 3.8) is 0 Å². The molecule has 18 heavy (non-hydrogen) atoms. The van der Waals surface area contributed by atoms with Crippen LogP contribution in [0.2, 0.25) is 0 Å². The highest BCUT2D eigenvalue weighted by atomic mass is 15.1. The third-order valence-corrected chi connectivity index (χ3v) is 3.48. The molecule has 0 aliphatic rings. The van der Waals surface area contributed by atoms with Gasteiger partial charge in [-0.2, -0.15) is 0 Å². The molecule has 0 aliphatic carbocycles.